The standard InChI is InChI=1S/C15H25N5O2/c1-10(2)20-13(16)12(7-18-20)14(21)17-8-15(22)9-19-5-3-11(15)4-6-19/h7,10-11,22H,3-6,8-9,16H2,1-2H3,(H,17,21). The second-order valence-corrected chi connectivity index (χ2v) is 6.82. The van der Waals surface area contributed by atoms with Crippen LogP contribution >= 0.6 is 0 Å². The summed E-state index contributed by atoms with van der Waals surface area (Å²) in [5, 5.41) is 17.8. The van der Waals surface area contributed by atoms with Gasteiger partial charge in [-0.2, -0.15) is 5.10 Å². The molecule has 1 atom stereocenters. The van der Waals surface area contributed by atoms with Gasteiger partial charge >= 0.3 is 0 Å². The van der Waals surface area contributed by atoms with Crippen molar-refractivity contribution in [2.75, 3.05) is 31.9 Å². The molecule has 1 unspecified atom stereocenters. The highest BCUT2D eigenvalue weighted by atomic mass is 16.3. The summed E-state index contributed by atoms with van der Waals surface area (Å²) in [6.07, 6.45) is 3.49. The summed E-state index contributed by atoms with van der Waals surface area (Å²) in [4.78, 5) is 14.6. The van der Waals surface area contributed by atoms with Crippen molar-refractivity contribution in [3.63, 3.8) is 0 Å². The third-order valence-electron chi connectivity index (χ3n) is 4.97. The molecule has 0 spiro atoms. The Balaban J connectivity index is 1.65. The number of nitrogen functional groups attached to an aromatic ring is 1. The average molecular weight is 307 g/mol. The van der Waals surface area contributed by atoms with E-state index >= 15 is 0 Å². The molecule has 7 nitrogen and oxygen atoms in total. The molecule has 1 aromatic rings. The highest BCUT2D eigenvalue weighted by molar-refractivity contribution is 5.98. The Hall–Kier alpha value is -1.60. The molecule has 4 N–H and O–H groups in total. The minimum atomic E-state index is -0.824. The molecule has 0 saturated carbocycles. The number of fused-ring (bicyclic) bond motifs is 3. The molecule has 3 saturated heterocycles. The van der Waals surface area contributed by atoms with Crippen LogP contribution in [0.25, 0.3) is 0 Å². The zero-order valence-electron chi connectivity index (χ0n) is 13.2. The van der Waals surface area contributed by atoms with Crippen LogP contribution in [0, 0.1) is 5.92 Å². The van der Waals surface area contributed by atoms with Gasteiger partial charge in [0.15, 0.2) is 0 Å². The van der Waals surface area contributed by atoms with E-state index in [0.717, 1.165) is 25.9 Å². The van der Waals surface area contributed by atoms with Crippen LogP contribution in [-0.4, -0.2) is 57.5 Å². The topological polar surface area (TPSA) is 96.4 Å². The highest BCUT2D eigenvalue weighted by Crippen LogP contribution is 2.35. The normalized spacial score (nSPS) is 30.7. The van der Waals surface area contributed by atoms with Gasteiger partial charge in [-0.3, -0.25) is 4.79 Å². The van der Waals surface area contributed by atoms with Crippen molar-refractivity contribution in [3.8, 4) is 0 Å². The van der Waals surface area contributed by atoms with Crippen LogP contribution in [0.4, 0.5) is 5.82 Å². The van der Waals surface area contributed by atoms with Crippen LogP contribution in [-0.2, 0) is 0 Å². The Morgan fingerprint density at radius 1 is 1.55 bits per heavy atom. The number of amides is 1. The second kappa shape index (κ2) is 5.55. The van der Waals surface area contributed by atoms with Crippen molar-refractivity contribution >= 4 is 11.7 Å². The number of nitrogens with zero attached hydrogens (tertiary/aromatic N) is 3. The van der Waals surface area contributed by atoms with Gasteiger partial charge < -0.3 is 21.1 Å². The van der Waals surface area contributed by atoms with E-state index in [4.69, 9.17) is 5.73 Å². The van der Waals surface area contributed by atoms with Crippen LogP contribution in [0.1, 0.15) is 43.1 Å². The van der Waals surface area contributed by atoms with Gasteiger partial charge in [0.2, 0.25) is 0 Å². The van der Waals surface area contributed by atoms with Crippen molar-refractivity contribution in [2.24, 2.45) is 5.92 Å². The van der Waals surface area contributed by atoms with Gasteiger partial charge in [-0.05, 0) is 45.7 Å². The van der Waals surface area contributed by atoms with Crippen LogP contribution < -0.4 is 11.1 Å². The molecule has 3 fully saturated rings. The maximum absolute atomic E-state index is 12.3. The number of nitrogens with two attached hydrogens (primary N) is 1. The zero-order valence-corrected chi connectivity index (χ0v) is 13.2. The summed E-state index contributed by atoms with van der Waals surface area (Å²) in [5.41, 5.74) is 5.53. The molecule has 7 heteroatoms. The third-order valence-corrected chi connectivity index (χ3v) is 4.97. The number of anilines is 1. The molecule has 3 aliphatic rings. The van der Waals surface area contributed by atoms with Gasteiger partial charge in [0.25, 0.3) is 5.91 Å². The molecule has 0 aromatic carbocycles. The number of nitrogens with one attached hydrogen (secondary N) is 1. The lowest BCUT2D eigenvalue weighted by Gasteiger charge is -2.50. The summed E-state index contributed by atoms with van der Waals surface area (Å²) < 4.78 is 1.62. The largest absolute Gasteiger partial charge is 0.386 e. The van der Waals surface area contributed by atoms with Gasteiger partial charge in [0.1, 0.15) is 11.4 Å². The average Bonchev–Trinajstić information content (AvgIpc) is 2.88. The number of hydrogen-bond acceptors (Lipinski definition) is 5. The summed E-state index contributed by atoms with van der Waals surface area (Å²) >= 11 is 0. The minimum absolute atomic E-state index is 0.104. The third kappa shape index (κ3) is 2.59. The molecular formula is C15H25N5O2. The van der Waals surface area contributed by atoms with E-state index in [1.165, 1.54) is 6.20 Å². The fraction of sp³-hybridized carbons (Fsp3) is 0.733. The molecule has 0 aliphatic carbocycles. The SMILES string of the molecule is CC(C)n1ncc(C(=O)NCC2(O)CN3CCC2CC3)c1N. The summed E-state index contributed by atoms with van der Waals surface area (Å²) in [5.74, 6) is 0.371. The van der Waals surface area contributed by atoms with Crippen LogP contribution in [0.15, 0.2) is 6.20 Å². The highest BCUT2D eigenvalue weighted by Gasteiger charge is 2.45. The Morgan fingerprint density at radius 2 is 2.23 bits per heavy atom. The van der Waals surface area contributed by atoms with E-state index in [1.807, 2.05) is 13.8 Å². The van der Waals surface area contributed by atoms with Gasteiger partial charge in [0, 0.05) is 19.1 Å². The van der Waals surface area contributed by atoms with E-state index in [1.54, 1.807) is 4.68 Å². The molecule has 4 rings (SSSR count). The number of carbonyl (C=O) groups is 1. The summed E-state index contributed by atoms with van der Waals surface area (Å²) in [6.45, 7) is 6.92. The molecular weight excluding hydrogens is 282 g/mol. The van der Waals surface area contributed by atoms with Crippen molar-refractivity contribution < 1.29 is 9.90 Å². The molecule has 22 heavy (non-hydrogen) atoms. The number of aliphatic hydroxyl groups is 1. The predicted molar refractivity (Wildman–Crippen MR) is 83.5 cm³/mol. The van der Waals surface area contributed by atoms with Gasteiger partial charge in [-0.1, -0.05) is 0 Å². The van der Waals surface area contributed by atoms with E-state index < -0.39 is 5.60 Å². The lowest BCUT2D eigenvalue weighted by Crippen LogP contribution is -2.63. The van der Waals surface area contributed by atoms with Crippen LogP contribution in [0.5, 0.6) is 0 Å². The van der Waals surface area contributed by atoms with E-state index in [2.05, 4.69) is 15.3 Å². The fourth-order valence-corrected chi connectivity index (χ4v) is 3.63. The Bertz CT molecular complexity index is 562. The molecule has 1 amide bonds. The fourth-order valence-electron chi connectivity index (χ4n) is 3.63. The Morgan fingerprint density at radius 3 is 2.73 bits per heavy atom. The van der Waals surface area contributed by atoms with Crippen molar-refractivity contribution in [1.29, 1.82) is 0 Å². The van der Waals surface area contributed by atoms with Crippen molar-refractivity contribution in [2.45, 2.75) is 38.3 Å². The minimum Gasteiger partial charge on any atom is -0.386 e. The molecule has 4 heterocycles. The van der Waals surface area contributed by atoms with Gasteiger partial charge in [-0.25, -0.2) is 4.68 Å². The first-order chi connectivity index (χ1) is 10.4. The Kier molecular flexibility index (Phi) is 3.86. The predicted octanol–water partition coefficient (Wildman–Crippen LogP) is 0.233. The van der Waals surface area contributed by atoms with Crippen LogP contribution in [0.2, 0.25) is 0 Å². The number of aromatic nitrogens is 2. The number of rotatable bonds is 4. The first-order valence-electron chi connectivity index (χ1n) is 7.96. The molecule has 122 valence electrons. The van der Waals surface area contributed by atoms with Crippen molar-refractivity contribution in [1.82, 2.24) is 20.0 Å². The smallest absolute Gasteiger partial charge is 0.256 e. The molecule has 0 radical (unpaired) electrons. The van der Waals surface area contributed by atoms with Gasteiger partial charge in [-0.15, -0.1) is 0 Å². The second-order valence-electron chi connectivity index (χ2n) is 6.82. The number of piperidine rings is 3. The number of carbonyl (C=O) groups excluding carboxylic acids is 1. The first-order valence-corrected chi connectivity index (χ1v) is 7.96. The summed E-state index contributed by atoms with van der Waals surface area (Å²) in [7, 11) is 0. The van der Waals surface area contributed by atoms with Crippen molar-refractivity contribution in [3.05, 3.63) is 11.8 Å². The summed E-state index contributed by atoms with van der Waals surface area (Å²) in [6, 6.07) is 0.104. The Labute approximate surface area is 130 Å². The lowest BCUT2D eigenvalue weighted by molar-refractivity contribution is -0.108. The lowest BCUT2D eigenvalue weighted by atomic mass is 9.75. The quantitative estimate of drug-likeness (QED) is 0.740. The number of hydrogen-bond donors (Lipinski definition) is 3. The molecule has 3 aliphatic heterocycles. The maximum atomic E-state index is 12.3. The van der Waals surface area contributed by atoms with Crippen LogP contribution in [0.3, 0.4) is 0 Å². The zero-order chi connectivity index (χ0) is 15.9. The monoisotopic (exact) mass is 307 g/mol. The van der Waals surface area contributed by atoms with Gasteiger partial charge in [0.05, 0.1) is 11.8 Å². The van der Waals surface area contributed by atoms with E-state index in [9.17, 15) is 9.90 Å². The molecule has 2 bridgehead atoms. The molecule has 1 aromatic heterocycles. The first kappa shape index (κ1) is 15.3. The maximum Gasteiger partial charge on any atom is 0.256 e. The van der Waals surface area contributed by atoms with E-state index in [-0.39, 0.29) is 24.4 Å². The van der Waals surface area contributed by atoms with E-state index in [0.29, 0.717) is 17.9 Å².